The van der Waals surface area contributed by atoms with E-state index in [1.807, 2.05) is 26.0 Å². The van der Waals surface area contributed by atoms with Crippen molar-refractivity contribution in [1.29, 1.82) is 0 Å². The zero-order valence-corrected chi connectivity index (χ0v) is 11.2. The van der Waals surface area contributed by atoms with E-state index in [-0.39, 0.29) is 0 Å². The molecule has 1 atom stereocenters. The summed E-state index contributed by atoms with van der Waals surface area (Å²) in [6.07, 6.45) is 0.784. The highest BCUT2D eigenvalue weighted by Crippen LogP contribution is 2.41. The second-order valence-corrected chi connectivity index (χ2v) is 4.18. The van der Waals surface area contributed by atoms with Crippen LogP contribution in [0.3, 0.4) is 0 Å². The van der Waals surface area contributed by atoms with Gasteiger partial charge in [-0.3, -0.25) is 0 Å². The van der Waals surface area contributed by atoms with E-state index in [1.165, 1.54) is 0 Å². The SMILES string of the molecule is CCC(C)(N)c1c(OC)cc(OC)cc1OC. The molecule has 4 nitrogen and oxygen atoms in total. The Balaban J connectivity index is 3.45. The van der Waals surface area contributed by atoms with Crippen molar-refractivity contribution in [3.8, 4) is 17.2 Å². The molecule has 0 fully saturated rings. The van der Waals surface area contributed by atoms with Crippen LogP contribution in [-0.4, -0.2) is 21.3 Å². The molecule has 0 amide bonds. The molecule has 2 N–H and O–H groups in total. The summed E-state index contributed by atoms with van der Waals surface area (Å²) in [4.78, 5) is 0. The van der Waals surface area contributed by atoms with Crippen LogP contribution in [0, 0.1) is 0 Å². The number of rotatable bonds is 5. The highest BCUT2D eigenvalue weighted by atomic mass is 16.5. The zero-order valence-electron chi connectivity index (χ0n) is 11.2. The van der Waals surface area contributed by atoms with Gasteiger partial charge in [0, 0.05) is 17.7 Å². The van der Waals surface area contributed by atoms with Gasteiger partial charge in [0.1, 0.15) is 17.2 Å². The van der Waals surface area contributed by atoms with Gasteiger partial charge in [-0.2, -0.15) is 0 Å². The second-order valence-electron chi connectivity index (χ2n) is 4.18. The predicted molar refractivity (Wildman–Crippen MR) is 67.9 cm³/mol. The number of hydrogen-bond acceptors (Lipinski definition) is 4. The van der Waals surface area contributed by atoms with Crippen LogP contribution in [0.5, 0.6) is 17.2 Å². The van der Waals surface area contributed by atoms with E-state index in [9.17, 15) is 0 Å². The van der Waals surface area contributed by atoms with Gasteiger partial charge in [-0.1, -0.05) is 6.92 Å². The second kappa shape index (κ2) is 5.27. The molecular weight excluding hydrogens is 218 g/mol. The van der Waals surface area contributed by atoms with Crippen LogP contribution in [0.15, 0.2) is 12.1 Å². The molecule has 0 spiro atoms. The van der Waals surface area contributed by atoms with E-state index in [0.717, 1.165) is 12.0 Å². The van der Waals surface area contributed by atoms with Gasteiger partial charge < -0.3 is 19.9 Å². The maximum Gasteiger partial charge on any atom is 0.131 e. The molecule has 0 aliphatic rings. The monoisotopic (exact) mass is 239 g/mol. The van der Waals surface area contributed by atoms with E-state index in [4.69, 9.17) is 19.9 Å². The number of methoxy groups -OCH3 is 3. The lowest BCUT2D eigenvalue weighted by molar-refractivity contribution is 0.343. The molecule has 96 valence electrons. The molecule has 0 bridgehead atoms. The summed E-state index contributed by atoms with van der Waals surface area (Å²) >= 11 is 0. The normalized spacial score (nSPS) is 14.0. The molecule has 0 saturated carbocycles. The first kappa shape index (κ1) is 13.6. The number of nitrogens with two attached hydrogens (primary N) is 1. The van der Waals surface area contributed by atoms with Crippen molar-refractivity contribution in [2.75, 3.05) is 21.3 Å². The van der Waals surface area contributed by atoms with Crippen molar-refractivity contribution in [3.05, 3.63) is 17.7 Å². The summed E-state index contributed by atoms with van der Waals surface area (Å²) < 4.78 is 16.0. The smallest absolute Gasteiger partial charge is 0.131 e. The predicted octanol–water partition coefficient (Wildman–Crippen LogP) is 2.30. The average molecular weight is 239 g/mol. The Morgan fingerprint density at radius 2 is 1.53 bits per heavy atom. The molecule has 1 rings (SSSR count). The van der Waals surface area contributed by atoms with Gasteiger partial charge in [-0.15, -0.1) is 0 Å². The summed E-state index contributed by atoms with van der Waals surface area (Å²) in [5, 5.41) is 0. The third-order valence-corrected chi connectivity index (χ3v) is 3.02. The van der Waals surface area contributed by atoms with E-state index >= 15 is 0 Å². The molecule has 4 heteroatoms. The van der Waals surface area contributed by atoms with Gasteiger partial charge in [-0.05, 0) is 13.3 Å². The van der Waals surface area contributed by atoms with Gasteiger partial charge >= 0.3 is 0 Å². The fourth-order valence-corrected chi connectivity index (χ4v) is 1.75. The van der Waals surface area contributed by atoms with E-state index in [2.05, 4.69) is 0 Å². The Hall–Kier alpha value is -1.42. The van der Waals surface area contributed by atoms with Crippen molar-refractivity contribution < 1.29 is 14.2 Å². The molecule has 1 aromatic carbocycles. The highest BCUT2D eigenvalue weighted by Gasteiger charge is 2.28. The molecule has 0 radical (unpaired) electrons. The molecular formula is C13H21NO3. The summed E-state index contributed by atoms with van der Waals surface area (Å²) in [5.41, 5.74) is 6.65. The lowest BCUT2D eigenvalue weighted by Gasteiger charge is -2.27. The largest absolute Gasteiger partial charge is 0.496 e. The fraction of sp³-hybridized carbons (Fsp3) is 0.538. The molecule has 0 heterocycles. The third kappa shape index (κ3) is 2.64. The first-order chi connectivity index (χ1) is 8.00. The summed E-state index contributed by atoms with van der Waals surface area (Å²) in [5.74, 6) is 2.07. The van der Waals surface area contributed by atoms with Crippen LogP contribution >= 0.6 is 0 Å². The first-order valence-corrected chi connectivity index (χ1v) is 5.59. The standard InChI is InChI=1S/C13H21NO3/c1-6-13(2,14)12-10(16-4)7-9(15-3)8-11(12)17-5/h7-8H,6,14H2,1-5H3. The van der Waals surface area contributed by atoms with E-state index in [1.54, 1.807) is 21.3 Å². The van der Waals surface area contributed by atoms with Crippen LogP contribution in [-0.2, 0) is 5.54 Å². The maximum absolute atomic E-state index is 6.28. The van der Waals surface area contributed by atoms with Crippen LogP contribution < -0.4 is 19.9 Å². The molecule has 1 unspecified atom stereocenters. The number of ether oxygens (including phenoxy) is 3. The minimum Gasteiger partial charge on any atom is -0.496 e. The Labute approximate surface area is 103 Å². The van der Waals surface area contributed by atoms with Crippen LogP contribution in [0.25, 0.3) is 0 Å². The topological polar surface area (TPSA) is 53.7 Å². The average Bonchev–Trinajstić information content (AvgIpc) is 2.36. The Kier molecular flexibility index (Phi) is 4.23. The van der Waals surface area contributed by atoms with Gasteiger partial charge in [0.25, 0.3) is 0 Å². The lowest BCUT2D eigenvalue weighted by atomic mass is 9.88. The Morgan fingerprint density at radius 1 is 1.06 bits per heavy atom. The van der Waals surface area contributed by atoms with Gasteiger partial charge in [-0.25, -0.2) is 0 Å². The van der Waals surface area contributed by atoms with Crippen molar-refractivity contribution in [3.63, 3.8) is 0 Å². The van der Waals surface area contributed by atoms with E-state index in [0.29, 0.717) is 17.2 Å². The highest BCUT2D eigenvalue weighted by molar-refractivity contribution is 5.53. The van der Waals surface area contributed by atoms with Gasteiger partial charge in [0.15, 0.2) is 0 Å². The van der Waals surface area contributed by atoms with Crippen molar-refractivity contribution in [2.24, 2.45) is 5.73 Å². The number of benzene rings is 1. The molecule has 0 saturated heterocycles. The quantitative estimate of drug-likeness (QED) is 0.856. The Morgan fingerprint density at radius 3 is 1.82 bits per heavy atom. The van der Waals surface area contributed by atoms with Crippen LogP contribution in [0.1, 0.15) is 25.8 Å². The molecule has 0 aromatic heterocycles. The minimum atomic E-state index is -0.497. The minimum absolute atomic E-state index is 0.497. The summed E-state index contributed by atoms with van der Waals surface area (Å²) in [7, 11) is 4.84. The van der Waals surface area contributed by atoms with Gasteiger partial charge in [0.05, 0.1) is 26.9 Å². The Bertz CT molecular complexity index is 363. The van der Waals surface area contributed by atoms with Crippen molar-refractivity contribution in [1.82, 2.24) is 0 Å². The summed E-state index contributed by atoms with van der Waals surface area (Å²) in [6, 6.07) is 3.64. The fourth-order valence-electron chi connectivity index (χ4n) is 1.75. The first-order valence-electron chi connectivity index (χ1n) is 5.59. The third-order valence-electron chi connectivity index (χ3n) is 3.02. The summed E-state index contributed by atoms with van der Waals surface area (Å²) in [6.45, 7) is 3.99. The zero-order chi connectivity index (χ0) is 13.1. The van der Waals surface area contributed by atoms with E-state index < -0.39 is 5.54 Å². The maximum atomic E-state index is 6.28. The van der Waals surface area contributed by atoms with Gasteiger partial charge in [0.2, 0.25) is 0 Å². The van der Waals surface area contributed by atoms with Crippen LogP contribution in [0.4, 0.5) is 0 Å². The number of hydrogen-bond donors (Lipinski definition) is 1. The molecule has 0 aliphatic carbocycles. The van der Waals surface area contributed by atoms with Crippen molar-refractivity contribution >= 4 is 0 Å². The molecule has 0 aliphatic heterocycles. The van der Waals surface area contributed by atoms with Crippen molar-refractivity contribution in [2.45, 2.75) is 25.8 Å². The lowest BCUT2D eigenvalue weighted by Crippen LogP contribution is -2.33. The molecule has 17 heavy (non-hydrogen) atoms. The molecule has 1 aromatic rings. The van der Waals surface area contributed by atoms with Crippen LogP contribution in [0.2, 0.25) is 0 Å².